The average molecular weight is 252 g/mol. The van der Waals surface area contributed by atoms with Gasteiger partial charge >= 0.3 is 0 Å². The van der Waals surface area contributed by atoms with E-state index in [4.69, 9.17) is 5.73 Å². The lowest BCUT2D eigenvalue weighted by molar-refractivity contribution is -0.121. The molecule has 0 fully saturated rings. The summed E-state index contributed by atoms with van der Waals surface area (Å²) in [6.07, 6.45) is 9.30. The molecule has 0 spiro atoms. The quantitative estimate of drug-likeness (QED) is 0.644. The lowest BCUT2D eigenvalue weighted by Crippen LogP contribution is -2.26. The molecule has 5 nitrogen and oxygen atoms in total. The average Bonchev–Trinajstić information content (AvgIpc) is 2.75. The molecule has 0 saturated carbocycles. The number of nitrogens with one attached hydrogen (secondary N) is 1. The lowest BCUT2D eigenvalue weighted by Gasteiger charge is -2.05. The molecule has 0 aliphatic rings. The van der Waals surface area contributed by atoms with Crippen LogP contribution in [0.3, 0.4) is 0 Å². The molecule has 18 heavy (non-hydrogen) atoms. The Morgan fingerprint density at radius 3 is 2.83 bits per heavy atom. The third-order valence-corrected chi connectivity index (χ3v) is 2.95. The molecule has 1 rings (SSSR count). The number of imidazole rings is 1. The van der Waals surface area contributed by atoms with Crippen molar-refractivity contribution in [1.29, 1.82) is 0 Å². The van der Waals surface area contributed by atoms with Gasteiger partial charge in [0.25, 0.3) is 0 Å². The van der Waals surface area contributed by atoms with Gasteiger partial charge in [0.15, 0.2) is 0 Å². The van der Waals surface area contributed by atoms with Gasteiger partial charge in [-0.05, 0) is 19.4 Å². The number of hydrogen-bond acceptors (Lipinski definition) is 3. The Hall–Kier alpha value is -1.36. The van der Waals surface area contributed by atoms with Crippen LogP contribution in [0, 0.1) is 0 Å². The summed E-state index contributed by atoms with van der Waals surface area (Å²) >= 11 is 0. The first-order valence-electron chi connectivity index (χ1n) is 6.67. The molecular formula is C13H24N4O. The van der Waals surface area contributed by atoms with Crippen molar-refractivity contribution >= 4 is 5.91 Å². The summed E-state index contributed by atoms with van der Waals surface area (Å²) in [6.45, 7) is 1.41. The predicted molar refractivity (Wildman–Crippen MR) is 72.1 cm³/mol. The molecule has 1 aromatic heterocycles. The van der Waals surface area contributed by atoms with Crippen molar-refractivity contribution in [2.75, 3.05) is 13.1 Å². The molecule has 0 radical (unpaired) electrons. The maximum Gasteiger partial charge on any atom is 0.220 e. The molecule has 1 amide bonds. The van der Waals surface area contributed by atoms with E-state index >= 15 is 0 Å². The van der Waals surface area contributed by atoms with Crippen LogP contribution in [0.15, 0.2) is 12.4 Å². The fraction of sp³-hybridized carbons (Fsp3) is 0.692. The van der Waals surface area contributed by atoms with Gasteiger partial charge in [0.1, 0.15) is 5.82 Å². The van der Waals surface area contributed by atoms with E-state index in [9.17, 15) is 4.79 Å². The van der Waals surface area contributed by atoms with E-state index in [1.165, 1.54) is 0 Å². The highest BCUT2D eigenvalue weighted by Crippen LogP contribution is 2.02. The molecule has 0 saturated heterocycles. The molecule has 0 aromatic carbocycles. The first-order valence-corrected chi connectivity index (χ1v) is 6.67. The van der Waals surface area contributed by atoms with Crippen LogP contribution in [0.4, 0.5) is 0 Å². The smallest absolute Gasteiger partial charge is 0.220 e. The van der Waals surface area contributed by atoms with Gasteiger partial charge in [-0.1, -0.05) is 12.8 Å². The monoisotopic (exact) mass is 252 g/mol. The number of nitrogens with zero attached hydrogens (tertiary/aromatic N) is 2. The number of aromatic nitrogens is 2. The zero-order valence-electron chi connectivity index (χ0n) is 11.2. The standard InChI is InChI=1S/C13H24N4O/c1-17-11-10-15-12(17)7-9-16-13(18)6-4-2-3-5-8-14/h10-11H,2-9,14H2,1H3,(H,16,18). The van der Waals surface area contributed by atoms with Crippen LogP contribution < -0.4 is 11.1 Å². The normalized spacial score (nSPS) is 10.6. The number of carbonyl (C=O) groups is 1. The first kappa shape index (κ1) is 14.7. The van der Waals surface area contributed by atoms with E-state index in [0.717, 1.165) is 44.5 Å². The van der Waals surface area contributed by atoms with Crippen LogP contribution in [0.2, 0.25) is 0 Å². The topological polar surface area (TPSA) is 72.9 Å². The van der Waals surface area contributed by atoms with Gasteiger partial charge in [0.2, 0.25) is 5.91 Å². The molecular weight excluding hydrogens is 228 g/mol. The lowest BCUT2D eigenvalue weighted by atomic mass is 10.1. The van der Waals surface area contributed by atoms with E-state index in [-0.39, 0.29) is 5.91 Å². The summed E-state index contributed by atoms with van der Waals surface area (Å²) in [7, 11) is 1.96. The number of unbranched alkanes of at least 4 members (excludes halogenated alkanes) is 3. The second-order valence-electron chi connectivity index (χ2n) is 4.51. The zero-order valence-corrected chi connectivity index (χ0v) is 11.2. The van der Waals surface area contributed by atoms with E-state index in [1.54, 1.807) is 6.20 Å². The second kappa shape index (κ2) is 8.69. The van der Waals surface area contributed by atoms with E-state index < -0.39 is 0 Å². The summed E-state index contributed by atoms with van der Waals surface area (Å²) in [6, 6.07) is 0. The number of nitrogens with two attached hydrogens (primary N) is 1. The Labute approximate surface area is 109 Å². The van der Waals surface area contributed by atoms with Crippen molar-refractivity contribution in [3.63, 3.8) is 0 Å². The van der Waals surface area contributed by atoms with Crippen LogP contribution >= 0.6 is 0 Å². The zero-order chi connectivity index (χ0) is 13.2. The van der Waals surface area contributed by atoms with Crippen LogP contribution in [-0.2, 0) is 18.3 Å². The van der Waals surface area contributed by atoms with Crippen molar-refractivity contribution in [2.45, 2.75) is 38.5 Å². The molecule has 1 heterocycles. The highest BCUT2D eigenvalue weighted by atomic mass is 16.1. The summed E-state index contributed by atoms with van der Waals surface area (Å²) in [4.78, 5) is 15.7. The molecule has 0 atom stereocenters. The van der Waals surface area contributed by atoms with Gasteiger partial charge in [-0.2, -0.15) is 0 Å². The van der Waals surface area contributed by atoms with Gasteiger partial charge in [-0.3, -0.25) is 4.79 Å². The van der Waals surface area contributed by atoms with E-state index in [2.05, 4.69) is 10.3 Å². The van der Waals surface area contributed by atoms with E-state index in [0.29, 0.717) is 13.0 Å². The van der Waals surface area contributed by atoms with Crippen LogP contribution in [0.1, 0.15) is 37.9 Å². The van der Waals surface area contributed by atoms with Gasteiger partial charge in [0, 0.05) is 38.8 Å². The minimum absolute atomic E-state index is 0.136. The fourth-order valence-electron chi connectivity index (χ4n) is 1.82. The third-order valence-electron chi connectivity index (χ3n) is 2.95. The molecule has 0 bridgehead atoms. The van der Waals surface area contributed by atoms with Crippen LogP contribution in [0.25, 0.3) is 0 Å². The van der Waals surface area contributed by atoms with Crippen LogP contribution in [-0.4, -0.2) is 28.5 Å². The number of carbonyl (C=O) groups excluding carboxylic acids is 1. The van der Waals surface area contributed by atoms with E-state index in [1.807, 2.05) is 17.8 Å². The summed E-state index contributed by atoms with van der Waals surface area (Å²) < 4.78 is 1.97. The molecule has 0 aliphatic carbocycles. The van der Waals surface area contributed by atoms with Crippen molar-refractivity contribution in [1.82, 2.24) is 14.9 Å². The largest absolute Gasteiger partial charge is 0.356 e. The van der Waals surface area contributed by atoms with Crippen molar-refractivity contribution in [3.8, 4) is 0 Å². The fourth-order valence-corrected chi connectivity index (χ4v) is 1.82. The molecule has 1 aromatic rings. The molecule has 0 unspecified atom stereocenters. The molecule has 5 heteroatoms. The summed E-state index contributed by atoms with van der Waals surface area (Å²) in [5, 5.41) is 2.92. The molecule has 102 valence electrons. The van der Waals surface area contributed by atoms with Crippen molar-refractivity contribution in [2.24, 2.45) is 12.8 Å². The minimum Gasteiger partial charge on any atom is -0.356 e. The van der Waals surface area contributed by atoms with Gasteiger partial charge < -0.3 is 15.6 Å². The maximum absolute atomic E-state index is 11.5. The Morgan fingerprint density at radius 1 is 1.39 bits per heavy atom. The summed E-state index contributed by atoms with van der Waals surface area (Å²) in [5.74, 6) is 1.13. The maximum atomic E-state index is 11.5. The number of amides is 1. The Morgan fingerprint density at radius 2 is 2.17 bits per heavy atom. The molecule has 0 aliphatic heterocycles. The second-order valence-corrected chi connectivity index (χ2v) is 4.51. The van der Waals surface area contributed by atoms with Gasteiger partial charge in [0.05, 0.1) is 0 Å². The first-order chi connectivity index (χ1) is 8.74. The number of hydrogen-bond donors (Lipinski definition) is 2. The van der Waals surface area contributed by atoms with Gasteiger partial charge in [-0.15, -0.1) is 0 Å². The summed E-state index contributed by atoms with van der Waals surface area (Å²) in [5.41, 5.74) is 5.41. The highest BCUT2D eigenvalue weighted by molar-refractivity contribution is 5.75. The Bertz CT molecular complexity index is 349. The highest BCUT2D eigenvalue weighted by Gasteiger charge is 2.02. The molecule has 3 N–H and O–H groups in total. The number of aryl methyl sites for hydroxylation is 1. The van der Waals surface area contributed by atoms with Gasteiger partial charge in [-0.25, -0.2) is 4.98 Å². The van der Waals surface area contributed by atoms with Crippen molar-refractivity contribution < 1.29 is 4.79 Å². The SMILES string of the molecule is Cn1ccnc1CCNC(=O)CCCCCCN. The number of rotatable bonds is 9. The Balaban J connectivity index is 2.02. The third kappa shape index (κ3) is 5.82. The van der Waals surface area contributed by atoms with Crippen molar-refractivity contribution in [3.05, 3.63) is 18.2 Å². The Kier molecular flexibility index (Phi) is 7.10. The predicted octanol–water partition coefficient (Wildman–Crippen LogP) is 0.988. The van der Waals surface area contributed by atoms with Crippen LogP contribution in [0.5, 0.6) is 0 Å². The minimum atomic E-state index is 0.136.